The van der Waals surface area contributed by atoms with E-state index in [0.717, 1.165) is 48.5 Å². The Balaban J connectivity index is 0.00000242. The molecule has 0 saturated carbocycles. The lowest BCUT2D eigenvalue weighted by Crippen LogP contribution is -2.33. The molecule has 0 spiro atoms. The van der Waals surface area contributed by atoms with Crippen molar-refractivity contribution in [2.75, 3.05) is 18.0 Å². The molecule has 0 aromatic heterocycles. The van der Waals surface area contributed by atoms with Gasteiger partial charge in [0, 0.05) is 34.7 Å². The number of amides is 1. The van der Waals surface area contributed by atoms with Gasteiger partial charge in [0.2, 0.25) is 5.91 Å². The van der Waals surface area contributed by atoms with E-state index in [0.29, 0.717) is 13.0 Å². The maximum atomic E-state index is 12.5. The number of carbonyl (C=O) groups is 1. The van der Waals surface area contributed by atoms with Crippen molar-refractivity contribution >= 4 is 35.6 Å². The molecule has 0 saturated heterocycles. The van der Waals surface area contributed by atoms with E-state index in [1.807, 2.05) is 23.1 Å². The summed E-state index contributed by atoms with van der Waals surface area (Å²) < 4.78 is 0. The number of fused-ring (bicyclic) bond motifs is 1. The molecular formula is C17H26Cl2N2O. The van der Waals surface area contributed by atoms with E-state index in [-0.39, 0.29) is 23.7 Å². The van der Waals surface area contributed by atoms with E-state index < -0.39 is 0 Å². The average molecular weight is 345 g/mol. The second-order valence-corrected chi connectivity index (χ2v) is 6.86. The third-order valence-electron chi connectivity index (χ3n) is 4.16. The van der Waals surface area contributed by atoms with E-state index in [1.165, 1.54) is 0 Å². The SMILES string of the molecule is CC1(C)CN(C(=O)CCCCCCN)c2cccc(Cl)c21.Cl. The first kappa shape index (κ1) is 19.3. The number of unbranched alkanes of at least 4 members (excludes halogenated alkanes) is 3. The number of nitrogens with zero attached hydrogens (tertiary/aromatic N) is 1. The highest BCUT2D eigenvalue weighted by Crippen LogP contribution is 2.44. The number of carbonyl (C=O) groups excluding carboxylic acids is 1. The van der Waals surface area contributed by atoms with E-state index >= 15 is 0 Å². The van der Waals surface area contributed by atoms with Crippen LogP contribution in [0.4, 0.5) is 5.69 Å². The van der Waals surface area contributed by atoms with Crippen LogP contribution in [0.5, 0.6) is 0 Å². The predicted octanol–water partition coefficient (Wildman–Crippen LogP) is 4.30. The van der Waals surface area contributed by atoms with Gasteiger partial charge in [-0.25, -0.2) is 0 Å². The van der Waals surface area contributed by atoms with Crippen LogP contribution in [0.3, 0.4) is 0 Å². The van der Waals surface area contributed by atoms with E-state index in [4.69, 9.17) is 17.3 Å². The third kappa shape index (κ3) is 4.15. The Hall–Kier alpha value is -0.770. The summed E-state index contributed by atoms with van der Waals surface area (Å²) in [4.78, 5) is 14.4. The van der Waals surface area contributed by atoms with Crippen LogP contribution >= 0.6 is 24.0 Å². The minimum Gasteiger partial charge on any atom is -0.330 e. The summed E-state index contributed by atoms with van der Waals surface area (Å²) in [6, 6.07) is 5.83. The van der Waals surface area contributed by atoms with Gasteiger partial charge in [0.15, 0.2) is 0 Å². The maximum absolute atomic E-state index is 12.5. The van der Waals surface area contributed by atoms with Crippen LogP contribution in [0.25, 0.3) is 0 Å². The van der Waals surface area contributed by atoms with Crippen molar-refractivity contribution in [1.82, 2.24) is 0 Å². The van der Waals surface area contributed by atoms with Crippen LogP contribution in [-0.4, -0.2) is 19.0 Å². The topological polar surface area (TPSA) is 46.3 Å². The Morgan fingerprint density at radius 3 is 2.64 bits per heavy atom. The van der Waals surface area contributed by atoms with Gasteiger partial charge in [-0.15, -0.1) is 12.4 Å². The van der Waals surface area contributed by atoms with Gasteiger partial charge < -0.3 is 10.6 Å². The van der Waals surface area contributed by atoms with Gasteiger partial charge in [0.25, 0.3) is 0 Å². The number of benzene rings is 1. The number of nitrogens with two attached hydrogens (primary N) is 1. The quantitative estimate of drug-likeness (QED) is 0.782. The van der Waals surface area contributed by atoms with Crippen molar-refractivity contribution < 1.29 is 4.79 Å². The van der Waals surface area contributed by atoms with Crippen molar-refractivity contribution in [3.05, 3.63) is 28.8 Å². The summed E-state index contributed by atoms with van der Waals surface area (Å²) in [5.41, 5.74) is 7.48. The van der Waals surface area contributed by atoms with Gasteiger partial charge in [0.1, 0.15) is 0 Å². The standard InChI is InChI=1S/C17H25ClN2O.ClH/c1-17(2)12-20(14-9-7-8-13(18)16(14)17)15(21)10-5-3-4-6-11-19;/h7-9H,3-6,10-12,19H2,1-2H3;1H. The highest BCUT2D eigenvalue weighted by atomic mass is 35.5. The molecule has 1 aliphatic heterocycles. The molecule has 1 amide bonds. The van der Waals surface area contributed by atoms with Crippen LogP contribution < -0.4 is 10.6 Å². The molecule has 0 aliphatic carbocycles. The number of anilines is 1. The second kappa shape index (κ2) is 8.19. The van der Waals surface area contributed by atoms with Crippen LogP contribution in [0.15, 0.2) is 18.2 Å². The Labute approximate surface area is 144 Å². The molecule has 1 heterocycles. The van der Waals surface area contributed by atoms with E-state index in [1.54, 1.807) is 0 Å². The van der Waals surface area contributed by atoms with Gasteiger partial charge in [-0.2, -0.15) is 0 Å². The molecule has 124 valence electrons. The molecule has 1 aromatic rings. The lowest BCUT2D eigenvalue weighted by atomic mass is 9.87. The first-order chi connectivity index (χ1) is 9.97. The largest absolute Gasteiger partial charge is 0.330 e. The lowest BCUT2D eigenvalue weighted by molar-refractivity contribution is -0.118. The Morgan fingerprint density at radius 1 is 1.27 bits per heavy atom. The van der Waals surface area contributed by atoms with Gasteiger partial charge in [0.05, 0.1) is 0 Å². The maximum Gasteiger partial charge on any atom is 0.227 e. The number of rotatable bonds is 6. The second-order valence-electron chi connectivity index (χ2n) is 6.45. The molecule has 0 bridgehead atoms. The molecule has 1 aliphatic rings. The summed E-state index contributed by atoms with van der Waals surface area (Å²) in [6.45, 7) is 5.74. The first-order valence-corrected chi connectivity index (χ1v) is 8.14. The molecule has 2 N–H and O–H groups in total. The van der Waals surface area contributed by atoms with Crippen molar-refractivity contribution in [3.8, 4) is 0 Å². The van der Waals surface area contributed by atoms with Crippen molar-refractivity contribution in [3.63, 3.8) is 0 Å². The summed E-state index contributed by atoms with van der Waals surface area (Å²) in [5, 5.41) is 0.760. The third-order valence-corrected chi connectivity index (χ3v) is 4.47. The number of halogens is 2. The average Bonchev–Trinajstić information content (AvgIpc) is 2.71. The van der Waals surface area contributed by atoms with E-state index in [2.05, 4.69) is 13.8 Å². The lowest BCUT2D eigenvalue weighted by Gasteiger charge is -2.21. The summed E-state index contributed by atoms with van der Waals surface area (Å²) in [6.07, 6.45) is 4.77. The minimum atomic E-state index is -0.0805. The molecule has 0 radical (unpaired) electrons. The zero-order valence-electron chi connectivity index (χ0n) is 13.4. The molecular weight excluding hydrogens is 319 g/mol. The Kier molecular flexibility index (Phi) is 7.17. The molecule has 2 rings (SSSR count). The predicted molar refractivity (Wildman–Crippen MR) is 96.2 cm³/mol. The van der Waals surface area contributed by atoms with Gasteiger partial charge in [-0.05, 0) is 31.5 Å². The summed E-state index contributed by atoms with van der Waals surface area (Å²) >= 11 is 6.34. The van der Waals surface area contributed by atoms with Crippen LogP contribution in [0.1, 0.15) is 51.5 Å². The van der Waals surface area contributed by atoms with Crippen molar-refractivity contribution in [2.45, 2.75) is 51.4 Å². The summed E-state index contributed by atoms with van der Waals surface area (Å²) in [7, 11) is 0. The Bertz CT molecular complexity index is 517. The van der Waals surface area contributed by atoms with Gasteiger partial charge >= 0.3 is 0 Å². The molecule has 22 heavy (non-hydrogen) atoms. The van der Waals surface area contributed by atoms with Crippen LogP contribution in [-0.2, 0) is 10.2 Å². The molecule has 0 fully saturated rings. The molecule has 3 nitrogen and oxygen atoms in total. The number of hydrogen-bond acceptors (Lipinski definition) is 2. The van der Waals surface area contributed by atoms with Crippen LogP contribution in [0, 0.1) is 0 Å². The highest BCUT2D eigenvalue weighted by molar-refractivity contribution is 6.32. The highest BCUT2D eigenvalue weighted by Gasteiger charge is 2.39. The van der Waals surface area contributed by atoms with E-state index in [9.17, 15) is 4.79 Å². The zero-order chi connectivity index (χ0) is 15.5. The first-order valence-electron chi connectivity index (χ1n) is 7.77. The smallest absolute Gasteiger partial charge is 0.227 e. The van der Waals surface area contributed by atoms with Gasteiger partial charge in [-0.1, -0.05) is 44.4 Å². The summed E-state index contributed by atoms with van der Waals surface area (Å²) in [5.74, 6) is 0.205. The zero-order valence-corrected chi connectivity index (χ0v) is 15.0. The monoisotopic (exact) mass is 344 g/mol. The molecule has 0 atom stereocenters. The Morgan fingerprint density at radius 2 is 1.95 bits per heavy atom. The molecule has 1 aromatic carbocycles. The number of hydrogen-bond donors (Lipinski definition) is 1. The van der Waals surface area contributed by atoms with Crippen molar-refractivity contribution in [1.29, 1.82) is 0 Å². The fraction of sp³-hybridized carbons (Fsp3) is 0.588. The van der Waals surface area contributed by atoms with Crippen molar-refractivity contribution in [2.24, 2.45) is 5.73 Å². The van der Waals surface area contributed by atoms with Crippen LogP contribution in [0.2, 0.25) is 5.02 Å². The normalized spacial score (nSPS) is 15.4. The minimum absolute atomic E-state index is 0. The molecule has 0 unspecified atom stereocenters. The fourth-order valence-corrected chi connectivity index (χ4v) is 3.52. The molecule has 5 heteroatoms. The van der Waals surface area contributed by atoms with Gasteiger partial charge in [-0.3, -0.25) is 4.79 Å². The fourth-order valence-electron chi connectivity index (χ4n) is 3.10.